The molecule has 0 radical (unpaired) electrons. The normalized spacial score (nSPS) is 16.3. The molecule has 82 valence electrons. The summed E-state index contributed by atoms with van der Waals surface area (Å²) >= 11 is 0. The van der Waals surface area contributed by atoms with Crippen molar-refractivity contribution in [2.75, 3.05) is 0 Å². The third kappa shape index (κ3) is 2.67. The van der Waals surface area contributed by atoms with E-state index in [1.807, 2.05) is 17.8 Å². The summed E-state index contributed by atoms with van der Waals surface area (Å²) in [4.78, 5) is 15.8. The molecule has 1 aliphatic rings. The van der Waals surface area contributed by atoms with Crippen LogP contribution in [0.2, 0.25) is 0 Å². The molecule has 1 heterocycles. The van der Waals surface area contributed by atoms with Crippen LogP contribution in [0.4, 0.5) is 0 Å². The maximum absolute atomic E-state index is 11.6. The number of carbonyl (C=O) groups excluding carboxylic acids is 1. The van der Waals surface area contributed by atoms with E-state index in [0.717, 1.165) is 18.7 Å². The lowest BCUT2D eigenvalue weighted by atomic mass is 9.81. The fourth-order valence-corrected chi connectivity index (χ4v) is 2.01. The Hall–Kier alpha value is -1.12. The van der Waals surface area contributed by atoms with Crippen molar-refractivity contribution < 1.29 is 4.79 Å². The van der Waals surface area contributed by atoms with E-state index >= 15 is 0 Å². The van der Waals surface area contributed by atoms with Crippen LogP contribution in [0.5, 0.6) is 0 Å². The zero-order valence-electron chi connectivity index (χ0n) is 9.28. The molecule has 2 rings (SSSR count). The quantitative estimate of drug-likeness (QED) is 0.739. The third-order valence-electron chi connectivity index (χ3n) is 3.29. The molecule has 0 aliphatic heterocycles. The van der Waals surface area contributed by atoms with Crippen molar-refractivity contribution in [3.05, 3.63) is 18.2 Å². The summed E-state index contributed by atoms with van der Waals surface area (Å²) in [6.45, 7) is 0. The van der Waals surface area contributed by atoms with Crippen LogP contribution in [-0.4, -0.2) is 15.3 Å². The zero-order valence-corrected chi connectivity index (χ0v) is 9.28. The molecule has 0 aromatic carbocycles. The lowest BCUT2D eigenvalue weighted by Crippen LogP contribution is -2.16. The van der Waals surface area contributed by atoms with Crippen LogP contribution in [0.25, 0.3) is 0 Å². The topological polar surface area (TPSA) is 34.9 Å². The molecule has 0 saturated heterocycles. The molecule has 1 aromatic rings. The first-order chi connectivity index (χ1) is 7.25. The summed E-state index contributed by atoms with van der Waals surface area (Å²) < 4.78 is 1.98. The number of aryl methyl sites for hydroxylation is 2. The van der Waals surface area contributed by atoms with Crippen LogP contribution < -0.4 is 0 Å². The van der Waals surface area contributed by atoms with Crippen molar-refractivity contribution in [1.29, 1.82) is 0 Å². The van der Waals surface area contributed by atoms with Gasteiger partial charge in [0.2, 0.25) is 0 Å². The summed E-state index contributed by atoms with van der Waals surface area (Å²) in [5, 5.41) is 0. The summed E-state index contributed by atoms with van der Waals surface area (Å²) in [6, 6.07) is 0. The SMILES string of the molecule is Cn1ccnc1CCC(=O)CC1CCC1. The van der Waals surface area contributed by atoms with Crippen LogP contribution in [0.1, 0.15) is 37.9 Å². The molecule has 3 nitrogen and oxygen atoms in total. The van der Waals surface area contributed by atoms with E-state index in [1.54, 1.807) is 6.20 Å². The number of hydrogen-bond acceptors (Lipinski definition) is 2. The van der Waals surface area contributed by atoms with Crippen molar-refractivity contribution in [3.63, 3.8) is 0 Å². The summed E-state index contributed by atoms with van der Waals surface area (Å²) in [5.41, 5.74) is 0. The Morgan fingerprint density at radius 2 is 2.40 bits per heavy atom. The molecular formula is C12H18N2O. The summed E-state index contributed by atoms with van der Waals surface area (Å²) in [7, 11) is 1.97. The van der Waals surface area contributed by atoms with Crippen molar-refractivity contribution >= 4 is 5.78 Å². The van der Waals surface area contributed by atoms with Gasteiger partial charge in [-0.05, 0) is 5.92 Å². The first-order valence-corrected chi connectivity index (χ1v) is 5.73. The maximum Gasteiger partial charge on any atom is 0.133 e. The van der Waals surface area contributed by atoms with Gasteiger partial charge < -0.3 is 4.57 Å². The Bertz CT molecular complexity index is 339. The molecule has 0 amide bonds. The van der Waals surface area contributed by atoms with Crippen LogP contribution in [0.3, 0.4) is 0 Å². The van der Waals surface area contributed by atoms with Gasteiger partial charge in [-0.25, -0.2) is 4.98 Å². The van der Waals surface area contributed by atoms with Gasteiger partial charge in [-0.2, -0.15) is 0 Å². The molecule has 1 fully saturated rings. The number of Topliss-reactive ketones (excluding diaryl/α,β-unsaturated/α-hetero) is 1. The van der Waals surface area contributed by atoms with Crippen LogP contribution in [-0.2, 0) is 18.3 Å². The fourth-order valence-electron chi connectivity index (χ4n) is 2.01. The Balaban J connectivity index is 1.73. The first kappa shape index (κ1) is 10.4. The van der Waals surface area contributed by atoms with Crippen LogP contribution >= 0.6 is 0 Å². The van der Waals surface area contributed by atoms with E-state index in [2.05, 4.69) is 4.98 Å². The van der Waals surface area contributed by atoms with E-state index in [0.29, 0.717) is 18.1 Å². The molecule has 0 unspecified atom stereocenters. The highest BCUT2D eigenvalue weighted by atomic mass is 16.1. The van der Waals surface area contributed by atoms with Gasteiger partial charge in [0.25, 0.3) is 0 Å². The third-order valence-corrected chi connectivity index (χ3v) is 3.29. The van der Waals surface area contributed by atoms with Gasteiger partial charge in [0, 0.05) is 38.7 Å². The molecule has 1 aliphatic carbocycles. The first-order valence-electron chi connectivity index (χ1n) is 5.73. The molecule has 3 heteroatoms. The number of nitrogens with zero attached hydrogens (tertiary/aromatic N) is 2. The molecule has 0 N–H and O–H groups in total. The van der Waals surface area contributed by atoms with Gasteiger partial charge in [-0.1, -0.05) is 19.3 Å². The Morgan fingerprint density at radius 1 is 1.60 bits per heavy atom. The number of carbonyl (C=O) groups is 1. The summed E-state index contributed by atoms with van der Waals surface area (Å²) in [5.74, 6) is 2.11. The Morgan fingerprint density at radius 3 is 2.93 bits per heavy atom. The van der Waals surface area contributed by atoms with E-state index in [9.17, 15) is 4.79 Å². The highest BCUT2D eigenvalue weighted by Crippen LogP contribution is 2.29. The van der Waals surface area contributed by atoms with E-state index < -0.39 is 0 Å². The molecule has 15 heavy (non-hydrogen) atoms. The summed E-state index contributed by atoms with van der Waals surface area (Å²) in [6.07, 6.45) is 9.78. The monoisotopic (exact) mass is 206 g/mol. The largest absolute Gasteiger partial charge is 0.338 e. The van der Waals surface area contributed by atoms with Crippen molar-refractivity contribution in [3.8, 4) is 0 Å². The van der Waals surface area contributed by atoms with Gasteiger partial charge in [0.1, 0.15) is 11.6 Å². The molecule has 0 bridgehead atoms. The van der Waals surface area contributed by atoms with Gasteiger partial charge in [0.05, 0.1) is 0 Å². The lowest BCUT2D eigenvalue weighted by molar-refractivity contribution is -0.120. The fraction of sp³-hybridized carbons (Fsp3) is 0.667. The predicted molar refractivity (Wildman–Crippen MR) is 58.5 cm³/mol. The molecule has 0 spiro atoms. The number of hydrogen-bond donors (Lipinski definition) is 0. The highest BCUT2D eigenvalue weighted by Gasteiger charge is 2.20. The maximum atomic E-state index is 11.6. The zero-order chi connectivity index (χ0) is 10.7. The Labute approximate surface area is 90.5 Å². The van der Waals surface area contributed by atoms with E-state index in [4.69, 9.17) is 0 Å². The Kier molecular flexibility index (Phi) is 3.19. The van der Waals surface area contributed by atoms with E-state index in [-0.39, 0.29) is 0 Å². The molecule has 1 aromatic heterocycles. The van der Waals surface area contributed by atoms with Gasteiger partial charge in [0.15, 0.2) is 0 Å². The molecular weight excluding hydrogens is 188 g/mol. The number of aromatic nitrogens is 2. The van der Waals surface area contributed by atoms with Crippen LogP contribution in [0, 0.1) is 5.92 Å². The minimum Gasteiger partial charge on any atom is -0.338 e. The van der Waals surface area contributed by atoms with Crippen molar-refractivity contribution in [1.82, 2.24) is 9.55 Å². The molecule has 0 atom stereocenters. The van der Waals surface area contributed by atoms with Crippen LogP contribution in [0.15, 0.2) is 12.4 Å². The number of ketones is 1. The smallest absolute Gasteiger partial charge is 0.133 e. The van der Waals surface area contributed by atoms with E-state index in [1.165, 1.54) is 19.3 Å². The lowest BCUT2D eigenvalue weighted by Gasteiger charge is -2.24. The number of rotatable bonds is 5. The predicted octanol–water partition coefficient (Wildman–Crippen LogP) is 2.11. The minimum atomic E-state index is 0.405. The second-order valence-corrected chi connectivity index (χ2v) is 4.49. The van der Waals surface area contributed by atoms with Gasteiger partial charge >= 0.3 is 0 Å². The van der Waals surface area contributed by atoms with Crippen molar-refractivity contribution in [2.24, 2.45) is 13.0 Å². The standard InChI is InChI=1S/C12H18N2O/c1-14-8-7-13-12(14)6-5-11(15)9-10-3-2-4-10/h7-8,10H,2-6,9H2,1H3. The van der Waals surface area contributed by atoms with Gasteiger partial charge in [-0.3, -0.25) is 4.79 Å². The molecule has 1 saturated carbocycles. The highest BCUT2D eigenvalue weighted by molar-refractivity contribution is 5.78. The van der Waals surface area contributed by atoms with Gasteiger partial charge in [-0.15, -0.1) is 0 Å². The average molecular weight is 206 g/mol. The number of imidazole rings is 1. The van der Waals surface area contributed by atoms with Crippen molar-refractivity contribution in [2.45, 2.75) is 38.5 Å². The second-order valence-electron chi connectivity index (χ2n) is 4.49. The average Bonchev–Trinajstić information content (AvgIpc) is 2.55. The minimum absolute atomic E-state index is 0.405. The second kappa shape index (κ2) is 4.60.